The van der Waals surface area contributed by atoms with Crippen LogP contribution in [0.3, 0.4) is 0 Å². The molecular formula is C19H20O5. The van der Waals surface area contributed by atoms with Gasteiger partial charge in [0.15, 0.2) is 11.5 Å². The van der Waals surface area contributed by atoms with E-state index in [0.717, 1.165) is 5.56 Å². The van der Waals surface area contributed by atoms with Crippen molar-refractivity contribution in [3.63, 3.8) is 0 Å². The zero-order valence-corrected chi connectivity index (χ0v) is 13.5. The molecule has 1 aliphatic carbocycles. The number of hydrogen-bond acceptors (Lipinski definition) is 5. The SMILES string of the molecule is C=CC[C@]12CC=CC(=O)[C@@]1(O)O[C@@H](c1ccc3c(c1)OCO3)[C@H]2C. The van der Waals surface area contributed by atoms with Crippen LogP contribution in [-0.2, 0) is 9.53 Å². The van der Waals surface area contributed by atoms with Crippen LogP contribution >= 0.6 is 0 Å². The third-order valence-corrected chi connectivity index (χ3v) is 5.62. The van der Waals surface area contributed by atoms with E-state index in [1.165, 1.54) is 6.08 Å². The van der Waals surface area contributed by atoms with Gasteiger partial charge in [0.05, 0.1) is 6.10 Å². The van der Waals surface area contributed by atoms with Gasteiger partial charge in [0, 0.05) is 5.41 Å². The molecule has 1 N–H and O–H groups in total. The summed E-state index contributed by atoms with van der Waals surface area (Å²) < 4.78 is 16.8. The first-order chi connectivity index (χ1) is 11.5. The van der Waals surface area contributed by atoms with Crippen LogP contribution in [-0.4, -0.2) is 23.5 Å². The summed E-state index contributed by atoms with van der Waals surface area (Å²) in [6, 6.07) is 5.60. The minimum atomic E-state index is -1.82. The van der Waals surface area contributed by atoms with Crippen molar-refractivity contribution in [2.45, 2.75) is 31.7 Å². The molecule has 1 saturated heterocycles. The summed E-state index contributed by atoms with van der Waals surface area (Å²) in [6.45, 7) is 6.03. The average Bonchev–Trinajstić information content (AvgIpc) is 3.12. The largest absolute Gasteiger partial charge is 0.454 e. The zero-order valence-electron chi connectivity index (χ0n) is 13.5. The van der Waals surface area contributed by atoms with Gasteiger partial charge < -0.3 is 19.3 Å². The van der Waals surface area contributed by atoms with Crippen molar-refractivity contribution in [2.75, 3.05) is 6.79 Å². The lowest BCUT2D eigenvalue weighted by molar-refractivity contribution is -0.229. The fraction of sp³-hybridized carbons (Fsp3) is 0.421. The van der Waals surface area contributed by atoms with Gasteiger partial charge in [-0.1, -0.05) is 25.1 Å². The van der Waals surface area contributed by atoms with E-state index in [-0.39, 0.29) is 12.7 Å². The van der Waals surface area contributed by atoms with Gasteiger partial charge in [0.2, 0.25) is 18.4 Å². The van der Waals surface area contributed by atoms with E-state index in [9.17, 15) is 9.90 Å². The minimum Gasteiger partial charge on any atom is -0.454 e. The quantitative estimate of drug-likeness (QED) is 0.864. The summed E-state index contributed by atoms with van der Waals surface area (Å²) in [5.41, 5.74) is 0.160. The maximum atomic E-state index is 12.4. The second-order valence-electron chi connectivity index (χ2n) is 6.70. The molecule has 3 aliphatic rings. The van der Waals surface area contributed by atoms with Gasteiger partial charge in [0.25, 0.3) is 0 Å². The molecular weight excluding hydrogens is 308 g/mol. The highest BCUT2D eigenvalue weighted by Gasteiger charge is 2.66. The molecule has 5 nitrogen and oxygen atoms in total. The van der Waals surface area contributed by atoms with Gasteiger partial charge in [-0.15, -0.1) is 6.58 Å². The number of ether oxygens (including phenoxy) is 3. The number of allylic oxidation sites excluding steroid dienone is 2. The number of fused-ring (bicyclic) bond motifs is 2. The highest BCUT2D eigenvalue weighted by Crippen LogP contribution is 2.61. The second-order valence-corrected chi connectivity index (χ2v) is 6.70. The lowest BCUT2D eigenvalue weighted by Crippen LogP contribution is -2.54. The molecule has 0 bridgehead atoms. The van der Waals surface area contributed by atoms with Crippen molar-refractivity contribution >= 4 is 5.78 Å². The summed E-state index contributed by atoms with van der Waals surface area (Å²) in [4.78, 5) is 12.4. The maximum Gasteiger partial charge on any atom is 0.237 e. The Morgan fingerprint density at radius 2 is 2.17 bits per heavy atom. The summed E-state index contributed by atoms with van der Waals surface area (Å²) in [6.07, 6.45) is 5.65. The average molecular weight is 328 g/mol. The molecule has 1 fully saturated rings. The first-order valence-corrected chi connectivity index (χ1v) is 8.13. The van der Waals surface area contributed by atoms with Crippen molar-refractivity contribution in [3.8, 4) is 11.5 Å². The molecule has 0 unspecified atom stereocenters. The molecule has 1 aromatic carbocycles. The minimum absolute atomic E-state index is 0.0743. The maximum absolute atomic E-state index is 12.4. The van der Waals surface area contributed by atoms with E-state index >= 15 is 0 Å². The Morgan fingerprint density at radius 1 is 1.38 bits per heavy atom. The van der Waals surface area contributed by atoms with Crippen LogP contribution in [0.5, 0.6) is 11.5 Å². The molecule has 0 radical (unpaired) electrons. The lowest BCUT2D eigenvalue weighted by atomic mass is 9.62. The van der Waals surface area contributed by atoms with Gasteiger partial charge in [-0.2, -0.15) is 0 Å². The number of ketones is 1. The molecule has 4 rings (SSSR count). The van der Waals surface area contributed by atoms with E-state index in [2.05, 4.69) is 6.58 Å². The van der Waals surface area contributed by atoms with Gasteiger partial charge in [-0.3, -0.25) is 4.79 Å². The van der Waals surface area contributed by atoms with E-state index in [1.807, 2.05) is 31.2 Å². The molecule has 4 atom stereocenters. The number of hydrogen-bond donors (Lipinski definition) is 1. The number of carbonyl (C=O) groups is 1. The third kappa shape index (κ3) is 1.85. The Kier molecular flexibility index (Phi) is 3.34. The Hall–Kier alpha value is -2.11. The molecule has 1 aromatic rings. The standard InChI is InChI=1S/C19H20O5/c1-3-8-18-9-4-5-16(20)19(18,21)24-17(12(18)2)13-6-7-14-15(10-13)23-11-22-14/h3-7,10,12,17,21H,1,8-9,11H2,2H3/t12-,17-,18-,19-/m1/s1. The molecule has 24 heavy (non-hydrogen) atoms. The first kappa shape index (κ1) is 15.4. The number of rotatable bonds is 3. The van der Waals surface area contributed by atoms with Gasteiger partial charge >= 0.3 is 0 Å². The van der Waals surface area contributed by atoms with E-state index < -0.39 is 23.1 Å². The monoisotopic (exact) mass is 328 g/mol. The van der Waals surface area contributed by atoms with E-state index in [1.54, 1.807) is 6.08 Å². The van der Waals surface area contributed by atoms with Gasteiger partial charge in [-0.25, -0.2) is 0 Å². The summed E-state index contributed by atoms with van der Waals surface area (Å²) in [5.74, 6) is -0.942. The van der Waals surface area contributed by atoms with Crippen LogP contribution in [0.4, 0.5) is 0 Å². The first-order valence-electron chi connectivity index (χ1n) is 8.13. The predicted octanol–water partition coefficient (Wildman–Crippen LogP) is 2.90. The molecule has 0 aromatic heterocycles. The van der Waals surface area contributed by atoms with Crippen LogP contribution in [0, 0.1) is 11.3 Å². The van der Waals surface area contributed by atoms with Crippen molar-refractivity contribution in [2.24, 2.45) is 11.3 Å². The van der Waals surface area contributed by atoms with Crippen LogP contribution in [0.25, 0.3) is 0 Å². The van der Waals surface area contributed by atoms with Gasteiger partial charge in [0.1, 0.15) is 0 Å². The third-order valence-electron chi connectivity index (χ3n) is 5.62. The highest BCUT2D eigenvalue weighted by atomic mass is 16.7. The molecule has 0 saturated carbocycles. The lowest BCUT2D eigenvalue weighted by Gasteiger charge is -2.42. The van der Waals surface area contributed by atoms with Crippen molar-refractivity contribution < 1.29 is 24.1 Å². The Bertz CT molecular complexity index is 739. The van der Waals surface area contributed by atoms with Crippen LogP contribution in [0.1, 0.15) is 31.4 Å². The number of carbonyl (C=O) groups excluding carboxylic acids is 1. The van der Waals surface area contributed by atoms with Crippen molar-refractivity contribution in [3.05, 3.63) is 48.6 Å². The molecule has 0 spiro atoms. The van der Waals surface area contributed by atoms with Crippen LogP contribution in [0.15, 0.2) is 43.0 Å². The van der Waals surface area contributed by atoms with Crippen molar-refractivity contribution in [1.29, 1.82) is 0 Å². The fourth-order valence-electron chi connectivity index (χ4n) is 4.23. The Morgan fingerprint density at radius 3 is 2.96 bits per heavy atom. The Balaban J connectivity index is 1.77. The van der Waals surface area contributed by atoms with Crippen LogP contribution in [0.2, 0.25) is 0 Å². The summed E-state index contributed by atoms with van der Waals surface area (Å²) in [5, 5.41) is 11.1. The van der Waals surface area contributed by atoms with E-state index in [0.29, 0.717) is 24.3 Å². The zero-order chi connectivity index (χ0) is 16.9. The second kappa shape index (κ2) is 5.19. The fourth-order valence-corrected chi connectivity index (χ4v) is 4.23. The number of aliphatic hydroxyl groups is 1. The smallest absolute Gasteiger partial charge is 0.237 e. The molecule has 0 amide bonds. The summed E-state index contributed by atoms with van der Waals surface area (Å²) >= 11 is 0. The van der Waals surface area contributed by atoms with Crippen LogP contribution < -0.4 is 9.47 Å². The predicted molar refractivity (Wildman–Crippen MR) is 86.5 cm³/mol. The topological polar surface area (TPSA) is 65.0 Å². The molecule has 2 aliphatic heterocycles. The summed E-state index contributed by atoms with van der Waals surface area (Å²) in [7, 11) is 0. The van der Waals surface area contributed by atoms with E-state index in [4.69, 9.17) is 14.2 Å². The molecule has 126 valence electrons. The number of benzene rings is 1. The van der Waals surface area contributed by atoms with Gasteiger partial charge in [-0.05, 0) is 42.5 Å². The normalized spacial score (nSPS) is 36.7. The Labute approximate surface area is 140 Å². The van der Waals surface area contributed by atoms with Crippen molar-refractivity contribution in [1.82, 2.24) is 0 Å². The highest BCUT2D eigenvalue weighted by molar-refractivity contribution is 5.97. The molecule has 5 heteroatoms. The molecule has 2 heterocycles.